The maximum atomic E-state index is 12.4. The first-order chi connectivity index (χ1) is 27.5. The van der Waals surface area contributed by atoms with E-state index in [1.54, 1.807) is 36.4 Å². The number of halogens is 1. The Kier molecular flexibility index (Phi) is 12.4. The number of hydrogen-bond acceptors (Lipinski definition) is 5. The van der Waals surface area contributed by atoms with Crippen molar-refractivity contribution in [3.63, 3.8) is 0 Å². The van der Waals surface area contributed by atoms with E-state index in [2.05, 4.69) is 72.8 Å². The summed E-state index contributed by atoms with van der Waals surface area (Å²) in [5, 5.41) is 13.2. The Bertz CT molecular complexity index is 2410. The molecule has 0 bridgehead atoms. The molecule has 56 heavy (non-hydrogen) atoms. The van der Waals surface area contributed by atoms with Gasteiger partial charge in [-0.25, -0.2) is 0 Å². The third-order valence-electron chi connectivity index (χ3n) is 8.39. The number of carboxylic acids is 1. The standard InChI is InChI=1S/C31H22O5.C18H14ClS/c32-31(33)26-21-27(34-23-15-7-2-8-16-23)29(35-24-17-9-3-10-18-24)30(36-25-19-11-4-12-20-25)28(26)22-13-5-1-6-14-22;19-15-11-13-18(14-12-15)20(16-7-3-1-4-8-16)17-9-5-2-6-10-17/h1-21H,(H,32,33);1-14H/q;+1/p-1. The molecule has 0 radical (unpaired) electrons. The summed E-state index contributed by atoms with van der Waals surface area (Å²) >= 11 is 6.01. The molecule has 0 aliphatic carbocycles. The van der Waals surface area contributed by atoms with Gasteiger partial charge in [0, 0.05) is 16.1 Å². The van der Waals surface area contributed by atoms with Crippen LogP contribution in [0, 0.1) is 0 Å². The number of rotatable bonds is 11. The summed E-state index contributed by atoms with van der Waals surface area (Å²) in [5.74, 6) is 0.799. The molecule has 0 fully saturated rings. The summed E-state index contributed by atoms with van der Waals surface area (Å²) in [6.45, 7) is 0. The smallest absolute Gasteiger partial charge is 0.213 e. The number of ether oxygens (including phenoxy) is 3. The highest BCUT2D eigenvalue weighted by Gasteiger charge is 2.28. The fourth-order valence-corrected chi connectivity index (χ4v) is 8.07. The zero-order chi connectivity index (χ0) is 38.5. The van der Waals surface area contributed by atoms with Crippen LogP contribution in [0.1, 0.15) is 10.4 Å². The average Bonchev–Trinajstić information content (AvgIpc) is 3.25. The quantitative estimate of drug-likeness (QED) is 0.123. The molecule has 8 rings (SSSR count). The molecule has 0 unspecified atom stereocenters. The van der Waals surface area contributed by atoms with Crippen molar-refractivity contribution in [2.45, 2.75) is 14.7 Å². The van der Waals surface area contributed by atoms with Gasteiger partial charge in [0.05, 0.1) is 16.9 Å². The van der Waals surface area contributed by atoms with E-state index in [1.165, 1.54) is 20.8 Å². The maximum absolute atomic E-state index is 12.4. The van der Waals surface area contributed by atoms with Crippen LogP contribution in [-0.2, 0) is 10.9 Å². The van der Waals surface area contributed by atoms with E-state index in [4.69, 9.17) is 25.8 Å². The average molecular weight is 771 g/mol. The Hall–Kier alpha value is -6.73. The molecule has 0 aliphatic rings. The molecule has 0 N–H and O–H groups in total. The van der Waals surface area contributed by atoms with Gasteiger partial charge in [0.15, 0.2) is 26.2 Å². The molecule has 8 aromatic rings. The molecular formula is C49H35ClO5S. The van der Waals surface area contributed by atoms with Crippen molar-refractivity contribution in [1.29, 1.82) is 0 Å². The molecule has 0 heterocycles. The van der Waals surface area contributed by atoms with Crippen molar-refractivity contribution in [1.82, 2.24) is 0 Å². The largest absolute Gasteiger partial charge is 0.545 e. The topological polar surface area (TPSA) is 67.8 Å². The number of carboxylic acid groups (broad SMARTS) is 1. The molecule has 8 aromatic carbocycles. The van der Waals surface area contributed by atoms with Gasteiger partial charge in [-0.15, -0.1) is 0 Å². The van der Waals surface area contributed by atoms with Gasteiger partial charge in [0.1, 0.15) is 17.2 Å². The van der Waals surface area contributed by atoms with Crippen LogP contribution in [0.2, 0.25) is 5.02 Å². The fourth-order valence-electron chi connectivity index (χ4n) is 5.86. The SMILES string of the molecule is Clc1ccc([S+](c2ccccc2)c2ccccc2)cc1.O=C([O-])c1cc(Oc2ccccc2)c(Oc2ccccc2)c(Oc2ccccc2)c1-c1ccccc1. The highest BCUT2D eigenvalue weighted by Crippen LogP contribution is 2.51. The Morgan fingerprint density at radius 3 is 1.27 bits per heavy atom. The van der Waals surface area contributed by atoms with Crippen LogP contribution in [0.25, 0.3) is 11.1 Å². The fraction of sp³-hybridized carbons (Fsp3) is 0. The molecule has 5 nitrogen and oxygen atoms in total. The number of para-hydroxylation sites is 3. The van der Waals surface area contributed by atoms with Gasteiger partial charge < -0.3 is 24.1 Å². The zero-order valence-electron chi connectivity index (χ0n) is 30.0. The van der Waals surface area contributed by atoms with Crippen LogP contribution in [0.3, 0.4) is 0 Å². The first-order valence-corrected chi connectivity index (χ1v) is 19.4. The zero-order valence-corrected chi connectivity index (χ0v) is 31.6. The number of aromatic carboxylic acids is 1. The Morgan fingerprint density at radius 2 is 0.821 bits per heavy atom. The molecule has 0 saturated carbocycles. The van der Waals surface area contributed by atoms with Crippen molar-refractivity contribution in [2.75, 3.05) is 0 Å². The Morgan fingerprint density at radius 1 is 0.446 bits per heavy atom. The lowest BCUT2D eigenvalue weighted by Crippen LogP contribution is -2.23. The van der Waals surface area contributed by atoms with Gasteiger partial charge in [-0.1, -0.05) is 133 Å². The van der Waals surface area contributed by atoms with Crippen LogP contribution in [-0.4, -0.2) is 5.97 Å². The predicted molar refractivity (Wildman–Crippen MR) is 222 cm³/mol. The van der Waals surface area contributed by atoms with Crippen molar-refractivity contribution in [2.24, 2.45) is 0 Å². The van der Waals surface area contributed by atoms with Crippen LogP contribution in [0.5, 0.6) is 34.5 Å². The molecule has 0 atom stereocenters. The third kappa shape index (κ3) is 9.49. The molecule has 0 aromatic heterocycles. The lowest BCUT2D eigenvalue weighted by Gasteiger charge is -2.23. The van der Waals surface area contributed by atoms with Gasteiger partial charge in [0.2, 0.25) is 5.75 Å². The number of hydrogen-bond donors (Lipinski definition) is 0. The summed E-state index contributed by atoms with van der Waals surface area (Å²) in [6.07, 6.45) is 0. The second-order valence-electron chi connectivity index (χ2n) is 12.2. The van der Waals surface area contributed by atoms with E-state index >= 15 is 0 Å². The molecule has 0 amide bonds. The number of carbonyl (C=O) groups is 1. The van der Waals surface area contributed by atoms with Crippen molar-refractivity contribution in [3.8, 4) is 45.6 Å². The van der Waals surface area contributed by atoms with Crippen LogP contribution < -0.4 is 19.3 Å². The van der Waals surface area contributed by atoms with Crippen LogP contribution >= 0.6 is 11.6 Å². The van der Waals surface area contributed by atoms with E-state index < -0.39 is 5.97 Å². The Balaban J connectivity index is 0.000000202. The van der Waals surface area contributed by atoms with E-state index in [0.29, 0.717) is 28.4 Å². The second kappa shape index (κ2) is 18.5. The molecule has 7 heteroatoms. The van der Waals surface area contributed by atoms with Gasteiger partial charge in [0.25, 0.3) is 0 Å². The maximum Gasteiger partial charge on any atom is 0.213 e. The third-order valence-corrected chi connectivity index (χ3v) is 10.9. The summed E-state index contributed by atoms with van der Waals surface area (Å²) in [7, 11) is -0.0815. The van der Waals surface area contributed by atoms with E-state index in [9.17, 15) is 9.90 Å². The van der Waals surface area contributed by atoms with E-state index in [-0.39, 0.29) is 33.7 Å². The summed E-state index contributed by atoms with van der Waals surface area (Å²) in [6, 6.07) is 67.2. The summed E-state index contributed by atoms with van der Waals surface area (Å²) in [5.41, 5.74) is 0.871. The minimum Gasteiger partial charge on any atom is -0.545 e. The van der Waals surface area contributed by atoms with Crippen LogP contribution in [0.15, 0.2) is 227 Å². The van der Waals surface area contributed by atoms with Crippen molar-refractivity contribution in [3.05, 3.63) is 223 Å². The number of benzene rings is 8. The summed E-state index contributed by atoms with van der Waals surface area (Å²) < 4.78 is 18.8. The Labute approximate surface area is 334 Å². The van der Waals surface area contributed by atoms with E-state index in [0.717, 1.165) is 5.02 Å². The highest BCUT2D eigenvalue weighted by molar-refractivity contribution is 7.97. The first kappa shape index (κ1) is 37.6. The van der Waals surface area contributed by atoms with Gasteiger partial charge in [-0.3, -0.25) is 0 Å². The molecule has 0 saturated heterocycles. The van der Waals surface area contributed by atoms with Gasteiger partial charge >= 0.3 is 0 Å². The lowest BCUT2D eigenvalue weighted by atomic mass is 9.97. The monoisotopic (exact) mass is 770 g/mol. The molecule has 0 aliphatic heterocycles. The molecule has 0 spiro atoms. The molecule has 274 valence electrons. The minimum absolute atomic E-state index is 0.0815. The second-order valence-corrected chi connectivity index (χ2v) is 14.7. The van der Waals surface area contributed by atoms with Crippen LogP contribution in [0.4, 0.5) is 0 Å². The highest BCUT2D eigenvalue weighted by atomic mass is 35.5. The van der Waals surface area contributed by atoms with Crippen molar-refractivity contribution < 1.29 is 24.1 Å². The summed E-state index contributed by atoms with van der Waals surface area (Å²) in [4.78, 5) is 16.3. The molecular weight excluding hydrogens is 736 g/mol. The normalized spacial score (nSPS) is 10.5. The van der Waals surface area contributed by atoms with E-state index in [1.807, 2.05) is 97.1 Å². The minimum atomic E-state index is -1.36. The van der Waals surface area contributed by atoms with Crippen molar-refractivity contribution >= 4 is 28.5 Å². The van der Waals surface area contributed by atoms with Gasteiger partial charge in [-0.05, 0) is 96.6 Å². The first-order valence-electron chi connectivity index (χ1n) is 17.8. The predicted octanol–water partition coefficient (Wildman–Crippen LogP) is 12.5. The van der Waals surface area contributed by atoms with Gasteiger partial charge in [-0.2, -0.15) is 0 Å². The lowest BCUT2D eigenvalue weighted by molar-refractivity contribution is -0.255. The number of carbonyl (C=O) groups excluding carboxylic acids is 1.